The van der Waals surface area contributed by atoms with Crippen molar-refractivity contribution < 1.29 is 59.7 Å². The Hall–Kier alpha value is -5.35. The van der Waals surface area contributed by atoms with Gasteiger partial charge in [-0.15, -0.1) is 47.0 Å². The van der Waals surface area contributed by atoms with Gasteiger partial charge in [-0.3, -0.25) is 0 Å². The molecule has 0 aliphatic heterocycles. The summed E-state index contributed by atoms with van der Waals surface area (Å²) < 4.78 is 49.6. The molecule has 0 bridgehead atoms. The zero-order valence-corrected chi connectivity index (χ0v) is 30.8. The Morgan fingerprint density at radius 2 is 1.23 bits per heavy atom. The minimum atomic E-state index is -5.08. The molecule has 0 fully saturated rings. The van der Waals surface area contributed by atoms with Crippen LogP contribution in [0.1, 0.15) is 26.3 Å². The Bertz CT molecular complexity index is 2010. The van der Waals surface area contributed by atoms with Gasteiger partial charge >= 0.3 is 12.1 Å². The molecule has 0 saturated carbocycles. The molecule has 0 aliphatic rings. The summed E-state index contributed by atoms with van der Waals surface area (Å²) in [4.78, 5) is 14.0. The van der Waals surface area contributed by atoms with Gasteiger partial charge in [0.15, 0.2) is 0 Å². The van der Waals surface area contributed by atoms with Gasteiger partial charge < -0.3 is 24.3 Å². The topological polar surface area (TPSA) is 77.9 Å². The van der Waals surface area contributed by atoms with Crippen molar-refractivity contribution in [3.8, 4) is 62.4 Å². The second kappa shape index (κ2) is 17.2. The van der Waals surface area contributed by atoms with E-state index in [1.54, 1.807) is 7.11 Å². The molecule has 271 valence electrons. The average molecular weight is 887 g/mol. The van der Waals surface area contributed by atoms with Gasteiger partial charge in [0.25, 0.3) is 0 Å². The smallest absolute Gasteiger partial charge is 0.490 e. The van der Waals surface area contributed by atoms with Crippen LogP contribution >= 0.6 is 0 Å². The number of rotatable bonds is 8. The van der Waals surface area contributed by atoms with E-state index in [-0.39, 0.29) is 27.8 Å². The van der Waals surface area contributed by atoms with Crippen molar-refractivity contribution in [2.75, 3.05) is 7.11 Å². The Labute approximate surface area is 316 Å². The maximum absolute atomic E-state index is 10.6. The molecule has 6 nitrogen and oxygen atoms in total. The third-order valence-corrected chi connectivity index (χ3v) is 7.49. The number of halogens is 3. The van der Waals surface area contributed by atoms with E-state index in [2.05, 4.69) is 75.4 Å². The maximum atomic E-state index is 10.6. The number of carbonyl (C=O) groups is 1. The predicted octanol–water partition coefficient (Wildman–Crippen LogP) is 11.2. The zero-order valence-electron chi connectivity index (χ0n) is 28.6. The van der Waals surface area contributed by atoms with Gasteiger partial charge in [0.05, 0.1) is 12.9 Å². The van der Waals surface area contributed by atoms with Crippen molar-refractivity contribution in [3.05, 3.63) is 145 Å². The first kappa shape index (κ1) is 39.4. The summed E-state index contributed by atoms with van der Waals surface area (Å²) in [5.41, 5.74) is 6.49. The molecule has 5 aromatic carbocycles. The number of aromatic nitrogens is 1. The normalized spacial score (nSPS) is 11.0. The Balaban J connectivity index is 0.000000688. The number of nitrogens with zero attached hydrogens (tertiary/aromatic N) is 1. The standard InChI is InChI=1S/C40H33NO3.C2HF3O2.Au/c1-40(2,3)32-19-15-29(16-20-32)38-25-30(28-17-21-33(42-4)22-18-28)26-39(41-38)31-23-36(43-34-11-7-5-8-12-34)27-37(24-31)44-35-13-9-6-10-14-35;3-2(4,5)1(6)7;/h5-15,17-23,25-27H,1-4H3;(H,6,7);/q-2;;. The molecule has 1 heterocycles. The van der Waals surface area contributed by atoms with Crippen molar-refractivity contribution in [2.45, 2.75) is 32.4 Å². The molecule has 52 heavy (non-hydrogen) atoms. The number of methoxy groups -OCH3 is 1. The molecular weight excluding hydrogens is 852 g/mol. The minimum absolute atomic E-state index is 0. The molecule has 0 saturated heterocycles. The fraction of sp³-hybridized carbons (Fsp3) is 0.143. The van der Waals surface area contributed by atoms with E-state index in [1.807, 2.05) is 84.9 Å². The van der Waals surface area contributed by atoms with E-state index in [1.165, 1.54) is 5.56 Å². The molecule has 1 N–H and O–H groups in total. The van der Waals surface area contributed by atoms with Gasteiger partial charge in [-0.25, -0.2) is 4.79 Å². The number of carboxylic acids is 1. The average Bonchev–Trinajstić information content (AvgIpc) is 3.12. The third-order valence-electron chi connectivity index (χ3n) is 7.49. The van der Waals surface area contributed by atoms with E-state index < -0.39 is 12.1 Å². The van der Waals surface area contributed by atoms with Crippen LogP contribution in [0.15, 0.2) is 127 Å². The van der Waals surface area contributed by atoms with Crippen molar-refractivity contribution in [3.63, 3.8) is 0 Å². The summed E-state index contributed by atoms with van der Waals surface area (Å²) in [6, 6.07) is 48.6. The van der Waals surface area contributed by atoms with Gasteiger partial charge in [-0.2, -0.15) is 13.2 Å². The van der Waals surface area contributed by atoms with Crippen LogP contribution in [0.3, 0.4) is 0 Å². The number of carboxylic acid groups (broad SMARTS) is 1. The van der Waals surface area contributed by atoms with Crippen LogP contribution in [-0.4, -0.2) is 29.3 Å². The zero-order chi connectivity index (χ0) is 36.6. The summed E-state index contributed by atoms with van der Waals surface area (Å²) in [5.74, 6) is 0.628. The van der Waals surface area contributed by atoms with Gasteiger partial charge in [-0.1, -0.05) is 93.6 Å². The van der Waals surface area contributed by atoms with Crippen molar-refractivity contribution in [1.29, 1.82) is 0 Å². The first-order valence-corrected chi connectivity index (χ1v) is 15.8. The summed E-state index contributed by atoms with van der Waals surface area (Å²) in [6.07, 6.45) is -5.08. The number of alkyl halides is 3. The first-order chi connectivity index (χ1) is 24.3. The predicted molar refractivity (Wildman–Crippen MR) is 190 cm³/mol. The van der Waals surface area contributed by atoms with Crippen molar-refractivity contribution in [2.24, 2.45) is 0 Å². The molecule has 0 unspecified atom stereocenters. The van der Waals surface area contributed by atoms with Gasteiger partial charge in [0.2, 0.25) is 0 Å². The van der Waals surface area contributed by atoms with Crippen LogP contribution in [0.5, 0.6) is 28.7 Å². The van der Waals surface area contributed by atoms with Crippen molar-refractivity contribution in [1.82, 2.24) is 4.98 Å². The molecule has 1 aromatic heterocycles. The second-order valence-corrected chi connectivity index (χ2v) is 12.3. The largest absolute Gasteiger partial charge is 0.497 e. The molecule has 0 amide bonds. The monoisotopic (exact) mass is 886 g/mol. The number of para-hydroxylation sites is 2. The van der Waals surface area contributed by atoms with Gasteiger partial charge in [0, 0.05) is 28.1 Å². The minimum Gasteiger partial charge on any atom is -0.497 e. The number of hydrogen-bond donors (Lipinski definition) is 1. The number of aliphatic carboxylic acids is 1. The molecule has 6 rings (SSSR count). The fourth-order valence-corrected chi connectivity index (χ4v) is 4.82. The molecule has 0 spiro atoms. The first-order valence-electron chi connectivity index (χ1n) is 15.8. The Morgan fingerprint density at radius 1 is 0.673 bits per heavy atom. The third kappa shape index (κ3) is 10.8. The number of benzene rings is 5. The molecular formula is C42H34AuF3NO5-2. The molecule has 0 aliphatic carbocycles. The number of hydrogen-bond acceptors (Lipinski definition) is 5. The SMILES string of the molecule is COc1ccc(-c2cc(-c3[c-]cc(C(C)(C)C)cc3)nc(-c3[c-]c(Oc4ccccc4)cc(Oc4ccccc4)c3)c2)cc1.O=C(O)C(F)(F)F.[Au]. The van der Waals surface area contributed by atoms with Gasteiger partial charge in [0.1, 0.15) is 17.2 Å². The van der Waals surface area contributed by atoms with Crippen LogP contribution < -0.4 is 14.2 Å². The van der Waals surface area contributed by atoms with E-state index in [9.17, 15) is 13.2 Å². The molecule has 1 radical (unpaired) electrons. The summed E-state index contributed by atoms with van der Waals surface area (Å²) in [7, 11) is 1.67. The molecule has 6 aromatic rings. The summed E-state index contributed by atoms with van der Waals surface area (Å²) in [6.45, 7) is 6.60. The van der Waals surface area contributed by atoms with E-state index in [0.29, 0.717) is 17.2 Å². The molecule has 10 heteroatoms. The maximum Gasteiger partial charge on any atom is 0.490 e. The molecule has 0 atom stereocenters. The van der Waals surface area contributed by atoms with Crippen LogP contribution in [-0.2, 0) is 32.6 Å². The van der Waals surface area contributed by atoms with E-state index >= 15 is 0 Å². The van der Waals surface area contributed by atoms with E-state index in [0.717, 1.165) is 45.1 Å². The van der Waals surface area contributed by atoms with Gasteiger partial charge in [-0.05, 0) is 64.3 Å². The summed E-state index contributed by atoms with van der Waals surface area (Å²) >= 11 is 0. The fourth-order valence-electron chi connectivity index (χ4n) is 4.82. The van der Waals surface area contributed by atoms with Crippen molar-refractivity contribution >= 4 is 5.97 Å². The number of pyridine rings is 1. The van der Waals surface area contributed by atoms with Crippen LogP contribution in [0.4, 0.5) is 13.2 Å². The summed E-state index contributed by atoms with van der Waals surface area (Å²) in [5, 5.41) is 7.12. The van der Waals surface area contributed by atoms with Crippen LogP contribution in [0.25, 0.3) is 33.6 Å². The van der Waals surface area contributed by atoms with E-state index in [4.69, 9.17) is 29.1 Å². The Kier molecular flexibility index (Phi) is 13.1. The number of ether oxygens (including phenoxy) is 3. The van der Waals surface area contributed by atoms with Crippen LogP contribution in [0, 0.1) is 12.1 Å². The van der Waals surface area contributed by atoms with Crippen LogP contribution in [0.2, 0.25) is 0 Å². The quantitative estimate of drug-likeness (QED) is 0.121. The Morgan fingerprint density at radius 3 is 1.73 bits per heavy atom. The second-order valence-electron chi connectivity index (χ2n) is 12.3.